The monoisotopic (exact) mass is 288 g/mol. The number of rotatable bonds is 3. The van der Waals surface area contributed by atoms with Gasteiger partial charge >= 0.3 is 0 Å². The zero-order valence-corrected chi connectivity index (χ0v) is 12.3. The van der Waals surface area contributed by atoms with E-state index in [2.05, 4.69) is 25.5 Å². The first kappa shape index (κ1) is 13.7. The molecule has 3 heterocycles. The number of piperidine rings is 1. The molecule has 0 spiro atoms. The van der Waals surface area contributed by atoms with Gasteiger partial charge in [-0.2, -0.15) is 0 Å². The summed E-state index contributed by atoms with van der Waals surface area (Å²) >= 11 is 0. The smallest absolute Gasteiger partial charge is 0.242 e. The van der Waals surface area contributed by atoms with Crippen molar-refractivity contribution in [3.63, 3.8) is 0 Å². The van der Waals surface area contributed by atoms with Crippen LogP contribution in [-0.4, -0.2) is 47.0 Å². The van der Waals surface area contributed by atoms with E-state index in [1.54, 1.807) is 13.2 Å². The molecule has 0 radical (unpaired) electrons. The second-order valence-electron chi connectivity index (χ2n) is 5.18. The Balaban J connectivity index is 2.08. The van der Waals surface area contributed by atoms with Crippen molar-refractivity contribution < 1.29 is 4.79 Å². The highest BCUT2D eigenvalue weighted by Crippen LogP contribution is 2.27. The first-order chi connectivity index (χ1) is 10.2. The van der Waals surface area contributed by atoms with Gasteiger partial charge in [0.15, 0.2) is 11.5 Å². The van der Waals surface area contributed by atoms with Gasteiger partial charge in [-0.25, -0.2) is 9.97 Å². The Bertz CT molecular complexity index is 652. The first-order valence-electron chi connectivity index (χ1n) is 7.24. The van der Waals surface area contributed by atoms with Crippen LogP contribution in [0.5, 0.6) is 0 Å². The van der Waals surface area contributed by atoms with Crippen molar-refractivity contribution in [2.75, 3.05) is 30.9 Å². The van der Waals surface area contributed by atoms with E-state index in [9.17, 15) is 4.79 Å². The van der Waals surface area contributed by atoms with Crippen LogP contribution in [0.15, 0.2) is 18.6 Å². The summed E-state index contributed by atoms with van der Waals surface area (Å²) < 4.78 is 1.93. The summed E-state index contributed by atoms with van der Waals surface area (Å²) in [5.74, 6) is 1.56. The van der Waals surface area contributed by atoms with E-state index < -0.39 is 0 Å². The van der Waals surface area contributed by atoms with Gasteiger partial charge in [0.2, 0.25) is 5.91 Å². The lowest BCUT2D eigenvalue weighted by atomic mass is 10.0. The number of fused-ring (bicyclic) bond motifs is 1. The van der Waals surface area contributed by atoms with Crippen molar-refractivity contribution in [2.24, 2.45) is 0 Å². The Morgan fingerprint density at radius 2 is 2.24 bits per heavy atom. The molecular weight excluding hydrogens is 268 g/mol. The first-order valence-corrected chi connectivity index (χ1v) is 7.24. The number of nitrogens with zero attached hydrogens (tertiary/aromatic N) is 4. The molecule has 2 aromatic heterocycles. The molecule has 112 valence electrons. The van der Waals surface area contributed by atoms with Gasteiger partial charge in [-0.3, -0.25) is 4.79 Å². The van der Waals surface area contributed by atoms with Crippen LogP contribution in [0.3, 0.4) is 0 Å². The SMILES string of the molecule is CNC(=O)C1CCCCN1c1nc(NC)cn2ccnc12. The number of aromatic nitrogens is 3. The second-order valence-corrected chi connectivity index (χ2v) is 5.18. The minimum atomic E-state index is -0.177. The quantitative estimate of drug-likeness (QED) is 0.877. The molecule has 0 aliphatic carbocycles. The van der Waals surface area contributed by atoms with Gasteiger partial charge in [-0.1, -0.05) is 0 Å². The molecule has 3 rings (SSSR count). The van der Waals surface area contributed by atoms with E-state index in [-0.39, 0.29) is 11.9 Å². The standard InChI is InChI=1S/C14H20N6O/c1-15-11-9-19-8-6-17-12(19)13(18-11)20-7-4-3-5-10(20)14(21)16-2/h6,8-10,15H,3-5,7H2,1-2H3,(H,16,21). The molecule has 0 saturated carbocycles. The normalized spacial score (nSPS) is 18.8. The van der Waals surface area contributed by atoms with Crippen LogP contribution < -0.4 is 15.5 Å². The van der Waals surface area contributed by atoms with Crippen LogP contribution in [0.1, 0.15) is 19.3 Å². The molecule has 1 amide bonds. The van der Waals surface area contributed by atoms with Crippen molar-refractivity contribution >= 4 is 23.2 Å². The van der Waals surface area contributed by atoms with Gasteiger partial charge in [0, 0.05) is 33.0 Å². The maximum Gasteiger partial charge on any atom is 0.242 e. The van der Waals surface area contributed by atoms with Crippen molar-refractivity contribution in [3.8, 4) is 0 Å². The Kier molecular flexibility index (Phi) is 3.64. The summed E-state index contributed by atoms with van der Waals surface area (Å²) in [5, 5.41) is 5.81. The topological polar surface area (TPSA) is 74.6 Å². The fraction of sp³-hybridized carbons (Fsp3) is 0.500. The van der Waals surface area contributed by atoms with Gasteiger partial charge in [0.1, 0.15) is 11.9 Å². The lowest BCUT2D eigenvalue weighted by Crippen LogP contribution is -2.49. The van der Waals surface area contributed by atoms with Crippen molar-refractivity contribution in [1.29, 1.82) is 0 Å². The molecule has 1 fully saturated rings. The summed E-state index contributed by atoms with van der Waals surface area (Å²) in [6.45, 7) is 0.820. The number of amides is 1. The van der Waals surface area contributed by atoms with E-state index in [0.29, 0.717) is 0 Å². The van der Waals surface area contributed by atoms with Crippen molar-refractivity contribution in [1.82, 2.24) is 19.7 Å². The van der Waals surface area contributed by atoms with Gasteiger partial charge in [-0.05, 0) is 19.3 Å². The average molecular weight is 288 g/mol. The second kappa shape index (κ2) is 5.59. The molecule has 2 aromatic rings. The summed E-state index contributed by atoms with van der Waals surface area (Å²) in [7, 11) is 3.51. The molecule has 1 aliphatic rings. The van der Waals surface area contributed by atoms with E-state index in [1.165, 1.54) is 0 Å². The minimum absolute atomic E-state index is 0.0380. The average Bonchev–Trinajstić information content (AvgIpc) is 3.01. The highest BCUT2D eigenvalue weighted by Gasteiger charge is 2.30. The molecule has 0 bridgehead atoms. The molecule has 2 N–H and O–H groups in total. The summed E-state index contributed by atoms with van der Waals surface area (Å²) in [6, 6.07) is -0.177. The van der Waals surface area contributed by atoms with E-state index in [1.807, 2.05) is 23.8 Å². The maximum atomic E-state index is 12.2. The largest absolute Gasteiger partial charge is 0.372 e. The molecular formula is C14H20N6O. The number of nitrogens with one attached hydrogen (secondary N) is 2. The van der Waals surface area contributed by atoms with Crippen LogP contribution in [0.2, 0.25) is 0 Å². The van der Waals surface area contributed by atoms with Gasteiger partial charge < -0.3 is 19.9 Å². The van der Waals surface area contributed by atoms with Gasteiger partial charge in [-0.15, -0.1) is 0 Å². The number of anilines is 2. The molecule has 7 heteroatoms. The lowest BCUT2D eigenvalue weighted by molar-refractivity contribution is -0.122. The molecule has 21 heavy (non-hydrogen) atoms. The van der Waals surface area contributed by atoms with Gasteiger partial charge in [0.25, 0.3) is 0 Å². The van der Waals surface area contributed by atoms with Crippen LogP contribution in [0.4, 0.5) is 11.6 Å². The summed E-state index contributed by atoms with van der Waals surface area (Å²) in [5.41, 5.74) is 0.782. The van der Waals surface area contributed by atoms with Crippen molar-refractivity contribution in [3.05, 3.63) is 18.6 Å². The van der Waals surface area contributed by atoms with E-state index >= 15 is 0 Å². The highest BCUT2D eigenvalue weighted by atomic mass is 16.2. The number of carbonyl (C=O) groups excluding carboxylic acids is 1. The minimum Gasteiger partial charge on any atom is -0.372 e. The third-order valence-electron chi connectivity index (χ3n) is 3.94. The Morgan fingerprint density at radius 1 is 1.38 bits per heavy atom. The number of hydrogen-bond donors (Lipinski definition) is 2. The molecule has 7 nitrogen and oxygen atoms in total. The predicted octanol–water partition coefficient (Wildman–Crippen LogP) is 0.876. The lowest BCUT2D eigenvalue weighted by Gasteiger charge is -2.35. The number of carbonyl (C=O) groups is 1. The third-order valence-corrected chi connectivity index (χ3v) is 3.94. The fourth-order valence-corrected chi connectivity index (χ4v) is 2.85. The number of imidazole rings is 1. The summed E-state index contributed by atoms with van der Waals surface area (Å²) in [4.78, 5) is 23.3. The Labute approximate surface area is 123 Å². The molecule has 1 atom stereocenters. The zero-order chi connectivity index (χ0) is 14.8. The molecule has 1 saturated heterocycles. The van der Waals surface area contributed by atoms with Gasteiger partial charge in [0.05, 0.1) is 6.20 Å². The number of likely N-dealkylation sites (N-methyl/N-ethyl adjacent to an activating group) is 1. The van der Waals surface area contributed by atoms with Crippen molar-refractivity contribution in [2.45, 2.75) is 25.3 Å². The van der Waals surface area contributed by atoms with Crippen LogP contribution in [0, 0.1) is 0 Å². The van der Waals surface area contributed by atoms with Crippen LogP contribution >= 0.6 is 0 Å². The molecule has 1 unspecified atom stereocenters. The number of hydrogen-bond acceptors (Lipinski definition) is 5. The van der Waals surface area contributed by atoms with Crippen LogP contribution in [0.25, 0.3) is 5.65 Å². The Morgan fingerprint density at radius 3 is 3.00 bits per heavy atom. The Hall–Kier alpha value is -2.31. The molecule has 1 aliphatic heterocycles. The van der Waals surface area contributed by atoms with Crippen LogP contribution in [-0.2, 0) is 4.79 Å². The van der Waals surface area contributed by atoms with E-state index in [0.717, 1.165) is 43.1 Å². The molecule has 0 aromatic carbocycles. The zero-order valence-electron chi connectivity index (χ0n) is 12.3. The van der Waals surface area contributed by atoms with E-state index in [4.69, 9.17) is 0 Å². The fourth-order valence-electron chi connectivity index (χ4n) is 2.85. The maximum absolute atomic E-state index is 12.2. The third kappa shape index (κ3) is 2.39. The predicted molar refractivity (Wildman–Crippen MR) is 81.6 cm³/mol. The summed E-state index contributed by atoms with van der Waals surface area (Å²) in [6.07, 6.45) is 8.50. The highest BCUT2D eigenvalue weighted by molar-refractivity contribution is 5.86.